The molecule has 1 aromatic carbocycles. The van der Waals surface area contributed by atoms with Gasteiger partial charge in [-0.2, -0.15) is 0 Å². The molecule has 0 atom stereocenters. The van der Waals surface area contributed by atoms with E-state index in [1.807, 2.05) is 6.07 Å². The van der Waals surface area contributed by atoms with Gasteiger partial charge in [-0.05, 0) is 18.5 Å². The van der Waals surface area contributed by atoms with Crippen molar-refractivity contribution < 1.29 is 4.92 Å². The van der Waals surface area contributed by atoms with E-state index >= 15 is 0 Å². The average molecular weight is 278 g/mol. The first-order valence-corrected chi connectivity index (χ1v) is 7.08. The van der Waals surface area contributed by atoms with Crippen molar-refractivity contribution in [1.29, 1.82) is 0 Å². The minimum Gasteiger partial charge on any atom is -0.393 e. The van der Waals surface area contributed by atoms with Crippen LogP contribution in [0.1, 0.15) is 18.9 Å². The maximum Gasteiger partial charge on any atom is 0.292 e. The summed E-state index contributed by atoms with van der Waals surface area (Å²) in [6.45, 7) is 8.12. The zero-order chi connectivity index (χ0) is 14.5. The van der Waals surface area contributed by atoms with E-state index in [2.05, 4.69) is 16.7 Å². The molecule has 0 aromatic heterocycles. The molecule has 0 spiro atoms. The highest BCUT2D eigenvalue weighted by molar-refractivity contribution is 5.62. The normalized spacial score (nSPS) is 17.2. The first kappa shape index (κ1) is 14.7. The number of nitro benzene ring substituents is 1. The fraction of sp³-hybridized carbons (Fsp3) is 0.571. The van der Waals surface area contributed by atoms with Crippen LogP contribution in [0.2, 0.25) is 0 Å². The van der Waals surface area contributed by atoms with Gasteiger partial charge in [0.1, 0.15) is 5.69 Å². The Labute approximate surface area is 119 Å². The predicted octanol–water partition coefficient (Wildman–Crippen LogP) is 1.70. The minimum atomic E-state index is -0.419. The van der Waals surface area contributed by atoms with Gasteiger partial charge in [-0.1, -0.05) is 19.1 Å². The molecule has 0 radical (unpaired) electrons. The molecule has 1 fully saturated rings. The van der Waals surface area contributed by atoms with Crippen molar-refractivity contribution in [3.8, 4) is 0 Å². The topological polar surface area (TPSA) is 75.6 Å². The molecular formula is C14H22N4O2. The summed E-state index contributed by atoms with van der Waals surface area (Å²) in [7, 11) is 0. The van der Waals surface area contributed by atoms with Crippen molar-refractivity contribution >= 4 is 11.4 Å². The Morgan fingerprint density at radius 1 is 1.25 bits per heavy atom. The summed E-state index contributed by atoms with van der Waals surface area (Å²) >= 11 is 0. The Morgan fingerprint density at radius 2 is 1.90 bits per heavy atom. The molecule has 2 rings (SSSR count). The van der Waals surface area contributed by atoms with Gasteiger partial charge in [-0.15, -0.1) is 0 Å². The summed E-state index contributed by atoms with van der Waals surface area (Å²) in [5.41, 5.74) is 7.05. The van der Waals surface area contributed by atoms with E-state index in [1.54, 1.807) is 6.07 Å². The number of nitrogens with zero attached hydrogens (tertiary/aromatic N) is 3. The van der Waals surface area contributed by atoms with Crippen LogP contribution in [-0.2, 0) is 6.54 Å². The lowest BCUT2D eigenvalue weighted by molar-refractivity contribution is -0.384. The van der Waals surface area contributed by atoms with Gasteiger partial charge >= 0.3 is 0 Å². The number of rotatable bonds is 5. The van der Waals surface area contributed by atoms with Crippen molar-refractivity contribution in [1.82, 2.24) is 9.80 Å². The maximum absolute atomic E-state index is 10.9. The summed E-state index contributed by atoms with van der Waals surface area (Å²) in [6.07, 6.45) is 1.18. The van der Waals surface area contributed by atoms with E-state index in [0.717, 1.165) is 38.3 Å². The van der Waals surface area contributed by atoms with Crippen LogP contribution in [0.15, 0.2) is 18.2 Å². The standard InChI is InChI=1S/C14H22N4O2/c1-2-6-16-7-9-17(10-8-16)11-12-4-3-5-13(14(12)15)18(19)20/h3-5H,2,6-11,15H2,1H3. The molecule has 0 saturated carbocycles. The van der Waals surface area contributed by atoms with E-state index in [4.69, 9.17) is 5.73 Å². The van der Waals surface area contributed by atoms with Crippen molar-refractivity contribution in [2.24, 2.45) is 0 Å². The molecule has 110 valence electrons. The molecule has 1 aliphatic heterocycles. The molecule has 1 aromatic rings. The molecular weight excluding hydrogens is 256 g/mol. The molecule has 1 saturated heterocycles. The van der Waals surface area contributed by atoms with Crippen LogP contribution in [0, 0.1) is 10.1 Å². The van der Waals surface area contributed by atoms with Crippen molar-refractivity contribution in [3.05, 3.63) is 33.9 Å². The van der Waals surface area contributed by atoms with Gasteiger partial charge in [-0.25, -0.2) is 0 Å². The number of benzene rings is 1. The molecule has 0 amide bonds. The third-order valence-electron chi connectivity index (χ3n) is 3.77. The Kier molecular flexibility index (Phi) is 4.92. The average Bonchev–Trinajstić information content (AvgIpc) is 2.43. The van der Waals surface area contributed by atoms with Crippen molar-refractivity contribution in [3.63, 3.8) is 0 Å². The van der Waals surface area contributed by atoms with E-state index in [0.29, 0.717) is 12.2 Å². The predicted molar refractivity (Wildman–Crippen MR) is 79.5 cm³/mol. The second-order valence-corrected chi connectivity index (χ2v) is 5.22. The largest absolute Gasteiger partial charge is 0.393 e. The number of hydrogen-bond acceptors (Lipinski definition) is 5. The lowest BCUT2D eigenvalue weighted by atomic mass is 10.1. The molecule has 0 bridgehead atoms. The van der Waals surface area contributed by atoms with Gasteiger partial charge in [0.15, 0.2) is 0 Å². The van der Waals surface area contributed by atoms with Crippen LogP contribution < -0.4 is 5.73 Å². The SMILES string of the molecule is CCCN1CCN(Cc2cccc([N+](=O)[O-])c2N)CC1. The first-order valence-electron chi connectivity index (χ1n) is 7.08. The number of hydrogen-bond donors (Lipinski definition) is 1. The molecule has 2 N–H and O–H groups in total. The minimum absolute atomic E-state index is 0.00659. The second kappa shape index (κ2) is 6.67. The quantitative estimate of drug-likeness (QED) is 0.504. The molecule has 6 heteroatoms. The monoisotopic (exact) mass is 278 g/mol. The fourth-order valence-electron chi connectivity index (χ4n) is 2.62. The van der Waals surface area contributed by atoms with Crippen LogP contribution in [0.5, 0.6) is 0 Å². The maximum atomic E-state index is 10.9. The van der Waals surface area contributed by atoms with Crippen LogP contribution >= 0.6 is 0 Å². The Hall–Kier alpha value is -1.66. The van der Waals surface area contributed by atoms with Crippen LogP contribution in [0.4, 0.5) is 11.4 Å². The molecule has 20 heavy (non-hydrogen) atoms. The Balaban J connectivity index is 1.98. The molecule has 1 heterocycles. The number of piperazine rings is 1. The Morgan fingerprint density at radius 3 is 2.50 bits per heavy atom. The van der Waals surface area contributed by atoms with Crippen molar-refractivity contribution in [2.45, 2.75) is 19.9 Å². The zero-order valence-electron chi connectivity index (χ0n) is 11.9. The van der Waals surface area contributed by atoms with Gasteiger partial charge < -0.3 is 10.6 Å². The first-order chi connectivity index (χ1) is 9.61. The van der Waals surface area contributed by atoms with Gasteiger partial charge in [0, 0.05) is 38.8 Å². The van der Waals surface area contributed by atoms with Gasteiger partial charge in [0.05, 0.1) is 4.92 Å². The van der Waals surface area contributed by atoms with Gasteiger partial charge in [-0.3, -0.25) is 15.0 Å². The Bertz CT molecular complexity index is 470. The van der Waals surface area contributed by atoms with E-state index < -0.39 is 4.92 Å². The van der Waals surface area contributed by atoms with Crippen molar-refractivity contribution in [2.75, 3.05) is 38.5 Å². The number of nitrogen functional groups attached to an aromatic ring is 1. The summed E-state index contributed by atoms with van der Waals surface area (Å²) in [4.78, 5) is 15.2. The molecule has 6 nitrogen and oxygen atoms in total. The summed E-state index contributed by atoms with van der Waals surface area (Å²) < 4.78 is 0. The summed E-state index contributed by atoms with van der Waals surface area (Å²) in [6, 6.07) is 5.04. The number of nitrogens with two attached hydrogens (primary N) is 1. The number of nitro groups is 1. The lowest BCUT2D eigenvalue weighted by Crippen LogP contribution is -2.46. The van der Waals surface area contributed by atoms with E-state index in [9.17, 15) is 10.1 Å². The number of anilines is 1. The molecule has 0 aliphatic carbocycles. The highest BCUT2D eigenvalue weighted by Crippen LogP contribution is 2.26. The molecule has 1 aliphatic rings. The van der Waals surface area contributed by atoms with E-state index in [-0.39, 0.29) is 5.69 Å². The summed E-state index contributed by atoms with van der Waals surface area (Å²) in [5, 5.41) is 10.9. The zero-order valence-corrected chi connectivity index (χ0v) is 11.9. The summed E-state index contributed by atoms with van der Waals surface area (Å²) in [5.74, 6) is 0. The van der Waals surface area contributed by atoms with Gasteiger partial charge in [0.2, 0.25) is 0 Å². The lowest BCUT2D eigenvalue weighted by Gasteiger charge is -2.34. The van der Waals surface area contributed by atoms with Crippen LogP contribution in [0.25, 0.3) is 0 Å². The number of para-hydroxylation sites is 1. The van der Waals surface area contributed by atoms with Crippen LogP contribution in [-0.4, -0.2) is 47.4 Å². The highest BCUT2D eigenvalue weighted by atomic mass is 16.6. The fourth-order valence-corrected chi connectivity index (χ4v) is 2.62. The smallest absolute Gasteiger partial charge is 0.292 e. The third kappa shape index (κ3) is 3.46. The molecule has 0 unspecified atom stereocenters. The van der Waals surface area contributed by atoms with Crippen LogP contribution in [0.3, 0.4) is 0 Å². The highest BCUT2D eigenvalue weighted by Gasteiger charge is 2.19. The van der Waals surface area contributed by atoms with E-state index in [1.165, 1.54) is 12.5 Å². The van der Waals surface area contributed by atoms with Gasteiger partial charge in [0.25, 0.3) is 5.69 Å². The third-order valence-corrected chi connectivity index (χ3v) is 3.77. The second-order valence-electron chi connectivity index (χ2n) is 5.22.